The van der Waals surface area contributed by atoms with Crippen LogP contribution >= 0.6 is 0 Å². The fraction of sp³-hybridized carbons (Fsp3) is 0.0667. The van der Waals surface area contributed by atoms with E-state index in [9.17, 15) is 4.79 Å². The van der Waals surface area contributed by atoms with Crippen molar-refractivity contribution < 1.29 is 9.21 Å². The number of pyridine rings is 1. The summed E-state index contributed by atoms with van der Waals surface area (Å²) in [5.74, 6) is -0.0278. The van der Waals surface area contributed by atoms with Crippen molar-refractivity contribution in [1.29, 1.82) is 0 Å². The molecule has 0 unspecified atom stereocenters. The number of nitrogens with zero attached hydrogens (tertiary/aromatic N) is 3. The van der Waals surface area contributed by atoms with Gasteiger partial charge in [0.25, 0.3) is 11.8 Å². The van der Waals surface area contributed by atoms with Crippen molar-refractivity contribution in [2.24, 2.45) is 0 Å². The van der Waals surface area contributed by atoms with Crippen molar-refractivity contribution in [2.75, 3.05) is 5.32 Å². The van der Waals surface area contributed by atoms with Gasteiger partial charge in [-0.05, 0) is 30.7 Å². The van der Waals surface area contributed by atoms with Crippen molar-refractivity contribution in [1.82, 2.24) is 15.2 Å². The topological polar surface area (TPSA) is 80.9 Å². The van der Waals surface area contributed by atoms with Gasteiger partial charge in [-0.1, -0.05) is 29.4 Å². The third-order valence-electron chi connectivity index (χ3n) is 2.92. The highest BCUT2D eigenvalue weighted by Gasteiger charge is 2.14. The standard InChI is InChI=1S/C15H12N4O2/c1-10-6-2-3-7-11(10)13(20)17-15-19-18-14(21-15)12-8-4-5-9-16-12/h2-9H,1H3,(H,17,19,20). The smallest absolute Gasteiger partial charge is 0.322 e. The molecule has 0 aliphatic rings. The Labute approximate surface area is 120 Å². The van der Waals surface area contributed by atoms with Gasteiger partial charge in [-0.2, -0.15) is 0 Å². The first-order valence-electron chi connectivity index (χ1n) is 6.36. The lowest BCUT2D eigenvalue weighted by molar-refractivity contribution is 0.102. The predicted octanol–water partition coefficient (Wildman–Crippen LogP) is 2.69. The number of nitrogens with one attached hydrogen (secondary N) is 1. The normalized spacial score (nSPS) is 10.3. The highest BCUT2D eigenvalue weighted by Crippen LogP contribution is 2.17. The van der Waals surface area contributed by atoms with Crippen LogP contribution in [0.4, 0.5) is 6.01 Å². The van der Waals surface area contributed by atoms with Crippen LogP contribution in [0, 0.1) is 6.92 Å². The number of amides is 1. The third kappa shape index (κ3) is 2.79. The van der Waals surface area contributed by atoms with Crippen molar-refractivity contribution in [3.63, 3.8) is 0 Å². The van der Waals surface area contributed by atoms with Gasteiger partial charge in [-0.15, -0.1) is 5.10 Å². The highest BCUT2D eigenvalue weighted by atomic mass is 16.4. The largest absolute Gasteiger partial charge is 0.401 e. The van der Waals surface area contributed by atoms with E-state index in [4.69, 9.17) is 4.42 Å². The number of anilines is 1. The van der Waals surface area contributed by atoms with E-state index in [1.807, 2.05) is 25.1 Å². The van der Waals surface area contributed by atoms with E-state index in [-0.39, 0.29) is 17.8 Å². The summed E-state index contributed by atoms with van der Waals surface area (Å²) in [5.41, 5.74) is 2.00. The average molecular weight is 280 g/mol. The molecule has 0 radical (unpaired) electrons. The molecule has 0 aliphatic heterocycles. The number of rotatable bonds is 3. The predicted molar refractivity (Wildman–Crippen MR) is 76.7 cm³/mol. The molecule has 3 aromatic rings. The second-order valence-electron chi connectivity index (χ2n) is 4.40. The summed E-state index contributed by atoms with van der Waals surface area (Å²) in [6.45, 7) is 1.86. The lowest BCUT2D eigenvalue weighted by Gasteiger charge is -2.03. The van der Waals surface area contributed by atoms with Crippen molar-refractivity contribution in [2.45, 2.75) is 6.92 Å². The summed E-state index contributed by atoms with van der Waals surface area (Å²) in [7, 11) is 0. The number of carbonyl (C=O) groups is 1. The maximum Gasteiger partial charge on any atom is 0.322 e. The van der Waals surface area contributed by atoms with Gasteiger partial charge >= 0.3 is 6.01 Å². The van der Waals surface area contributed by atoms with Crippen LogP contribution in [-0.2, 0) is 0 Å². The van der Waals surface area contributed by atoms with Crippen LogP contribution in [0.1, 0.15) is 15.9 Å². The number of aryl methyl sites for hydroxylation is 1. The lowest BCUT2D eigenvalue weighted by Crippen LogP contribution is -2.13. The lowest BCUT2D eigenvalue weighted by atomic mass is 10.1. The molecule has 0 aliphatic carbocycles. The van der Waals surface area contributed by atoms with Crippen LogP contribution < -0.4 is 5.32 Å². The molecule has 1 aromatic carbocycles. The van der Waals surface area contributed by atoms with Gasteiger partial charge in [0.1, 0.15) is 5.69 Å². The number of benzene rings is 1. The van der Waals surface area contributed by atoms with Crippen molar-refractivity contribution in [3.8, 4) is 11.6 Å². The Hall–Kier alpha value is -3.02. The molecule has 2 aromatic heterocycles. The first kappa shape index (κ1) is 13.0. The maximum atomic E-state index is 12.1. The number of aromatic nitrogens is 3. The minimum atomic E-state index is -0.288. The van der Waals surface area contributed by atoms with E-state index in [1.165, 1.54) is 0 Å². The van der Waals surface area contributed by atoms with Gasteiger partial charge in [0.2, 0.25) is 0 Å². The fourth-order valence-corrected chi connectivity index (χ4v) is 1.86. The molecular formula is C15H12N4O2. The summed E-state index contributed by atoms with van der Waals surface area (Å²) in [5, 5.41) is 10.2. The number of hydrogen-bond donors (Lipinski definition) is 1. The van der Waals surface area contributed by atoms with Gasteiger partial charge in [0.15, 0.2) is 0 Å². The van der Waals surface area contributed by atoms with Crippen molar-refractivity contribution in [3.05, 3.63) is 59.8 Å². The quantitative estimate of drug-likeness (QED) is 0.797. The molecule has 1 N–H and O–H groups in total. The van der Waals surface area contributed by atoms with E-state index in [1.54, 1.807) is 30.5 Å². The summed E-state index contributed by atoms with van der Waals surface area (Å²) < 4.78 is 5.39. The summed E-state index contributed by atoms with van der Waals surface area (Å²) in [6.07, 6.45) is 1.63. The number of carbonyl (C=O) groups excluding carboxylic acids is 1. The van der Waals surface area contributed by atoms with Gasteiger partial charge in [0.05, 0.1) is 0 Å². The van der Waals surface area contributed by atoms with Crippen LogP contribution in [0.25, 0.3) is 11.6 Å². The molecule has 0 saturated carbocycles. The van der Waals surface area contributed by atoms with Crippen LogP contribution in [0.2, 0.25) is 0 Å². The summed E-state index contributed by atoms with van der Waals surface area (Å²) in [6, 6.07) is 12.7. The Morgan fingerprint density at radius 2 is 1.90 bits per heavy atom. The Morgan fingerprint density at radius 3 is 2.67 bits per heavy atom. The second-order valence-corrected chi connectivity index (χ2v) is 4.40. The first-order chi connectivity index (χ1) is 10.2. The van der Waals surface area contributed by atoms with Gasteiger partial charge < -0.3 is 4.42 Å². The van der Waals surface area contributed by atoms with Gasteiger partial charge in [-0.3, -0.25) is 15.1 Å². The minimum absolute atomic E-state index is 0.0453. The molecule has 0 fully saturated rings. The summed E-state index contributed by atoms with van der Waals surface area (Å²) >= 11 is 0. The Kier molecular flexibility index (Phi) is 3.42. The Morgan fingerprint density at radius 1 is 1.10 bits per heavy atom. The van der Waals surface area contributed by atoms with E-state index in [2.05, 4.69) is 20.5 Å². The van der Waals surface area contributed by atoms with E-state index in [0.717, 1.165) is 5.56 Å². The fourth-order valence-electron chi connectivity index (χ4n) is 1.86. The third-order valence-corrected chi connectivity index (χ3v) is 2.92. The Balaban J connectivity index is 1.79. The molecule has 6 heteroatoms. The summed E-state index contributed by atoms with van der Waals surface area (Å²) in [4.78, 5) is 16.2. The molecule has 3 rings (SSSR count). The maximum absolute atomic E-state index is 12.1. The SMILES string of the molecule is Cc1ccccc1C(=O)Nc1nnc(-c2ccccn2)o1. The first-order valence-corrected chi connectivity index (χ1v) is 6.36. The molecule has 21 heavy (non-hydrogen) atoms. The van der Waals surface area contributed by atoms with Gasteiger partial charge in [-0.25, -0.2) is 0 Å². The molecule has 0 spiro atoms. The van der Waals surface area contributed by atoms with Gasteiger partial charge in [0, 0.05) is 11.8 Å². The zero-order valence-corrected chi connectivity index (χ0v) is 11.3. The van der Waals surface area contributed by atoms with Crippen LogP contribution in [0.3, 0.4) is 0 Å². The van der Waals surface area contributed by atoms with E-state index >= 15 is 0 Å². The molecule has 104 valence electrons. The molecular weight excluding hydrogens is 268 g/mol. The minimum Gasteiger partial charge on any atom is -0.401 e. The molecule has 0 atom stereocenters. The van der Waals surface area contributed by atoms with Crippen molar-refractivity contribution >= 4 is 11.9 Å². The number of hydrogen-bond acceptors (Lipinski definition) is 5. The average Bonchev–Trinajstić information content (AvgIpc) is 2.97. The monoisotopic (exact) mass is 280 g/mol. The molecule has 1 amide bonds. The molecule has 2 heterocycles. The Bertz CT molecular complexity index is 768. The molecule has 0 saturated heterocycles. The van der Waals surface area contributed by atoms with Crippen LogP contribution in [-0.4, -0.2) is 21.1 Å². The van der Waals surface area contributed by atoms with Crippen LogP contribution in [0.15, 0.2) is 53.1 Å². The van der Waals surface area contributed by atoms with E-state index in [0.29, 0.717) is 11.3 Å². The second kappa shape index (κ2) is 5.54. The molecule has 0 bridgehead atoms. The zero-order valence-electron chi connectivity index (χ0n) is 11.3. The zero-order chi connectivity index (χ0) is 14.7. The van der Waals surface area contributed by atoms with Crippen LogP contribution in [0.5, 0.6) is 0 Å². The highest BCUT2D eigenvalue weighted by molar-refractivity contribution is 6.04. The van der Waals surface area contributed by atoms with E-state index < -0.39 is 0 Å². The molecule has 6 nitrogen and oxygen atoms in total.